The number of benzene rings is 2. The molecule has 1 aliphatic rings. The number of anilines is 3. The van der Waals surface area contributed by atoms with Crippen molar-refractivity contribution in [2.45, 2.75) is 0 Å². The highest BCUT2D eigenvalue weighted by Gasteiger charge is 2.14. The molecule has 0 unspecified atom stereocenters. The number of nitrogens with zero attached hydrogens (tertiary/aromatic N) is 2. The zero-order chi connectivity index (χ0) is 20.6. The van der Waals surface area contributed by atoms with Crippen molar-refractivity contribution >= 4 is 28.9 Å². The van der Waals surface area contributed by atoms with E-state index in [1.54, 1.807) is 24.1 Å². The first-order valence-electron chi connectivity index (χ1n) is 9.47. The van der Waals surface area contributed by atoms with E-state index in [4.69, 9.17) is 4.74 Å². The van der Waals surface area contributed by atoms with E-state index >= 15 is 0 Å². The minimum Gasteiger partial charge on any atom is -0.378 e. The molecule has 0 radical (unpaired) electrons. The molecule has 0 atom stereocenters. The zero-order valence-corrected chi connectivity index (χ0v) is 16.4. The van der Waals surface area contributed by atoms with Gasteiger partial charge in [-0.15, -0.1) is 0 Å². The number of hydrogen-bond donors (Lipinski definition) is 2. The first-order chi connectivity index (χ1) is 14.0. The van der Waals surface area contributed by atoms with E-state index in [0.29, 0.717) is 5.69 Å². The highest BCUT2D eigenvalue weighted by Crippen LogP contribution is 2.19. The number of nitrogens with one attached hydrogen (secondary N) is 2. The van der Waals surface area contributed by atoms with Crippen LogP contribution in [-0.4, -0.2) is 63.2 Å². The number of hydrogen-bond acceptors (Lipinski definition) is 5. The van der Waals surface area contributed by atoms with Gasteiger partial charge in [-0.25, -0.2) is 4.39 Å². The number of carbonyl (C=O) groups is 2. The average Bonchev–Trinajstić information content (AvgIpc) is 2.70. The Labute approximate surface area is 169 Å². The van der Waals surface area contributed by atoms with Crippen molar-refractivity contribution in [3.63, 3.8) is 0 Å². The summed E-state index contributed by atoms with van der Waals surface area (Å²) in [5.74, 6) is -1.12. The normalized spacial score (nSPS) is 14.0. The van der Waals surface area contributed by atoms with Crippen molar-refractivity contribution < 1.29 is 18.7 Å². The van der Waals surface area contributed by atoms with E-state index in [1.165, 1.54) is 12.1 Å². The second-order valence-electron chi connectivity index (χ2n) is 6.89. The first kappa shape index (κ1) is 20.8. The molecule has 29 heavy (non-hydrogen) atoms. The van der Waals surface area contributed by atoms with Crippen molar-refractivity contribution in [3.05, 3.63) is 54.3 Å². The van der Waals surface area contributed by atoms with E-state index in [2.05, 4.69) is 15.5 Å². The van der Waals surface area contributed by atoms with Crippen LogP contribution in [0.3, 0.4) is 0 Å². The Hall–Kier alpha value is -2.97. The van der Waals surface area contributed by atoms with Gasteiger partial charge < -0.3 is 20.3 Å². The van der Waals surface area contributed by atoms with Crippen LogP contribution < -0.4 is 15.5 Å². The third-order valence-corrected chi connectivity index (χ3v) is 4.50. The highest BCUT2D eigenvalue weighted by molar-refractivity contribution is 5.94. The molecule has 0 bridgehead atoms. The maximum atomic E-state index is 13.6. The number of para-hydroxylation sites is 1. The topological polar surface area (TPSA) is 73.9 Å². The van der Waals surface area contributed by atoms with Gasteiger partial charge in [-0.3, -0.25) is 14.5 Å². The Morgan fingerprint density at radius 2 is 1.62 bits per heavy atom. The fraction of sp³-hybridized carbons (Fsp3) is 0.333. The number of likely N-dealkylation sites (N-methyl/N-ethyl adjacent to an activating group) is 1. The van der Waals surface area contributed by atoms with Crippen LogP contribution in [0.25, 0.3) is 0 Å². The maximum absolute atomic E-state index is 13.6. The van der Waals surface area contributed by atoms with Gasteiger partial charge in [-0.2, -0.15) is 0 Å². The molecule has 2 N–H and O–H groups in total. The number of halogens is 1. The summed E-state index contributed by atoms with van der Waals surface area (Å²) in [5, 5.41) is 5.32. The average molecular weight is 400 g/mol. The third-order valence-electron chi connectivity index (χ3n) is 4.50. The second-order valence-corrected chi connectivity index (χ2v) is 6.89. The number of carbonyl (C=O) groups excluding carboxylic acids is 2. The predicted octanol–water partition coefficient (Wildman–Crippen LogP) is 2.17. The first-order valence-corrected chi connectivity index (χ1v) is 9.47. The molecule has 3 rings (SSSR count). The predicted molar refractivity (Wildman–Crippen MR) is 111 cm³/mol. The molecule has 1 aliphatic heterocycles. The summed E-state index contributed by atoms with van der Waals surface area (Å²) >= 11 is 0. The van der Waals surface area contributed by atoms with E-state index in [1.807, 2.05) is 24.3 Å². The van der Waals surface area contributed by atoms with Crippen LogP contribution in [-0.2, 0) is 14.3 Å². The maximum Gasteiger partial charge on any atom is 0.238 e. The molecule has 8 heteroatoms. The van der Waals surface area contributed by atoms with Crippen molar-refractivity contribution in [3.8, 4) is 0 Å². The standard InChI is InChI=1S/C21H25FN4O3/c1-25(15-21(28)24-19-5-3-2-4-18(19)22)14-20(27)23-16-6-8-17(9-7-16)26-10-12-29-13-11-26/h2-9H,10-15H2,1H3,(H,23,27)(H,24,28). The summed E-state index contributed by atoms with van der Waals surface area (Å²) in [4.78, 5) is 28.1. The fourth-order valence-electron chi connectivity index (χ4n) is 3.08. The van der Waals surface area contributed by atoms with Crippen LogP contribution in [0.4, 0.5) is 21.5 Å². The van der Waals surface area contributed by atoms with Gasteiger partial charge in [0.15, 0.2) is 0 Å². The number of amides is 2. The van der Waals surface area contributed by atoms with Crippen molar-refractivity contribution in [2.24, 2.45) is 0 Å². The third kappa shape index (κ3) is 6.27. The quantitative estimate of drug-likeness (QED) is 0.745. The number of rotatable bonds is 7. The van der Waals surface area contributed by atoms with Crippen molar-refractivity contribution in [1.29, 1.82) is 0 Å². The Morgan fingerprint density at radius 3 is 2.28 bits per heavy atom. The van der Waals surface area contributed by atoms with Crippen LogP contribution in [0.5, 0.6) is 0 Å². The molecule has 2 amide bonds. The summed E-state index contributed by atoms with van der Waals surface area (Å²) in [6, 6.07) is 13.6. The zero-order valence-electron chi connectivity index (χ0n) is 16.4. The summed E-state index contributed by atoms with van der Waals surface area (Å²) in [5.41, 5.74) is 1.90. The lowest BCUT2D eigenvalue weighted by Crippen LogP contribution is -2.36. The molecule has 1 heterocycles. The van der Waals surface area contributed by atoms with E-state index in [0.717, 1.165) is 32.0 Å². The van der Waals surface area contributed by atoms with E-state index in [-0.39, 0.29) is 30.6 Å². The number of morpholine rings is 1. The van der Waals surface area contributed by atoms with E-state index < -0.39 is 5.82 Å². The Morgan fingerprint density at radius 1 is 1.00 bits per heavy atom. The SMILES string of the molecule is CN(CC(=O)Nc1ccc(N2CCOCC2)cc1)CC(=O)Nc1ccccc1F. The summed E-state index contributed by atoms with van der Waals surface area (Å²) < 4.78 is 18.9. The van der Waals surface area contributed by atoms with Crippen LogP contribution >= 0.6 is 0 Å². The molecule has 0 saturated carbocycles. The molecule has 0 aliphatic carbocycles. The van der Waals surface area contributed by atoms with Crippen LogP contribution in [0.2, 0.25) is 0 Å². The highest BCUT2D eigenvalue weighted by atomic mass is 19.1. The van der Waals surface area contributed by atoms with Crippen LogP contribution in [0.15, 0.2) is 48.5 Å². The van der Waals surface area contributed by atoms with Crippen LogP contribution in [0.1, 0.15) is 0 Å². The fourth-order valence-corrected chi connectivity index (χ4v) is 3.08. The molecular formula is C21H25FN4O3. The van der Waals surface area contributed by atoms with E-state index in [9.17, 15) is 14.0 Å². The van der Waals surface area contributed by atoms with Gasteiger partial charge in [-0.1, -0.05) is 12.1 Å². The summed E-state index contributed by atoms with van der Waals surface area (Å²) in [6.07, 6.45) is 0. The van der Waals surface area contributed by atoms with Crippen molar-refractivity contribution in [1.82, 2.24) is 4.90 Å². The van der Waals surface area contributed by atoms with Gasteiger partial charge >= 0.3 is 0 Å². The largest absolute Gasteiger partial charge is 0.378 e. The molecule has 0 aromatic heterocycles. The Bertz CT molecular complexity index is 838. The Kier molecular flexibility index (Phi) is 7.15. The molecule has 7 nitrogen and oxygen atoms in total. The number of ether oxygens (including phenoxy) is 1. The molecule has 1 fully saturated rings. The monoisotopic (exact) mass is 400 g/mol. The van der Waals surface area contributed by atoms with Crippen molar-refractivity contribution in [2.75, 3.05) is 62.0 Å². The minimum atomic E-state index is -0.498. The molecule has 0 spiro atoms. The Balaban J connectivity index is 1.44. The molecular weight excluding hydrogens is 375 g/mol. The summed E-state index contributed by atoms with van der Waals surface area (Å²) in [7, 11) is 1.65. The minimum absolute atomic E-state index is 0.0300. The summed E-state index contributed by atoms with van der Waals surface area (Å²) in [6.45, 7) is 3.15. The van der Waals surface area contributed by atoms with Gasteiger partial charge in [0, 0.05) is 24.5 Å². The lowest BCUT2D eigenvalue weighted by atomic mass is 10.2. The lowest BCUT2D eigenvalue weighted by molar-refractivity contribution is -0.119. The second kappa shape index (κ2) is 9.99. The van der Waals surface area contributed by atoms with Gasteiger partial charge in [0.25, 0.3) is 0 Å². The molecule has 154 valence electrons. The molecule has 2 aromatic rings. The van der Waals surface area contributed by atoms with Gasteiger partial charge in [-0.05, 0) is 43.4 Å². The van der Waals surface area contributed by atoms with Crippen LogP contribution in [0, 0.1) is 5.82 Å². The van der Waals surface area contributed by atoms with Gasteiger partial charge in [0.2, 0.25) is 11.8 Å². The molecule has 1 saturated heterocycles. The lowest BCUT2D eigenvalue weighted by Gasteiger charge is -2.28. The van der Waals surface area contributed by atoms with Gasteiger partial charge in [0.05, 0.1) is 32.0 Å². The molecule has 2 aromatic carbocycles. The smallest absolute Gasteiger partial charge is 0.238 e. The van der Waals surface area contributed by atoms with Gasteiger partial charge in [0.1, 0.15) is 5.82 Å².